The molecule has 3 rings (SSSR count). The Bertz CT molecular complexity index is 943. The van der Waals surface area contributed by atoms with Crippen molar-refractivity contribution in [3.05, 3.63) is 82.2 Å². The van der Waals surface area contributed by atoms with Crippen molar-refractivity contribution < 1.29 is 9.72 Å². The molecule has 8 heteroatoms. The fourth-order valence-corrected chi connectivity index (χ4v) is 2.42. The molecule has 3 aromatic rings. The third-order valence-electron chi connectivity index (χ3n) is 3.64. The van der Waals surface area contributed by atoms with Crippen molar-refractivity contribution in [3.8, 4) is 0 Å². The van der Waals surface area contributed by atoms with E-state index in [1.54, 1.807) is 61.8 Å². The monoisotopic (exact) mass is 349 g/mol. The van der Waals surface area contributed by atoms with E-state index in [4.69, 9.17) is 0 Å². The average molecular weight is 349 g/mol. The van der Waals surface area contributed by atoms with E-state index in [0.717, 1.165) is 5.69 Å². The molecule has 2 N–H and O–H groups in total. The molecule has 0 spiro atoms. The van der Waals surface area contributed by atoms with Crippen LogP contribution in [0.1, 0.15) is 15.9 Å². The van der Waals surface area contributed by atoms with E-state index in [2.05, 4.69) is 20.6 Å². The van der Waals surface area contributed by atoms with Crippen molar-refractivity contribution >= 4 is 28.9 Å². The van der Waals surface area contributed by atoms with Crippen LogP contribution in [0.25, 0.3) is 0 Å². The summed E-state index contributed by atoms with van der Waals surface area (Å²) in [5.74, 6) is -0.0678. The van der Waals surface area contributed by atoms with E-state index in [9.17, 15) is 14.9 Å². The van der Waals surface area contributed by atoms with Gasteiger partial charge in [-0.2, -0.15) is 0 Å². The molecule has 0 aliphatic rings. The quantitative estimate of drug-likeness (QED) is 0.537. The molecular weight excluding hydrogens is 334 g/mol. The highest BCUT2D eigenvalue weighted by Gasteiger charge is 2.22. The zero-order valence-electron chi connectivity index (χ0n) is 13.8. The predicted molar refractivity (Wildman–Crippen MR) is 97.5 cm³/mol. The fraction of sp³-hybridized carbons (Fsp3) is 0.0556. The molecule has 1 amide bonds. The third kappa shape index (κ3) is 3.81. The SMILES string of the molecule is Cc1cccc([N+](=O)[O-])c1C(=O)Nc1ccc(Nc2ncccn2)cc1. The van der Waals surface area contributed by atoms with Gasteiger partial charge in [-0.25, -0.2) is 9.97 Å². The van der Waals surface area contributed by atoms with Gasteiger partial charge < -0.3 is 10.6 Å². The number of nitro benzene ring substituents is 1. The van der Waals surface area contributed by atoms with Gasteiger partial charge in [0, 0.05) is 29.8 Å². The fourth-order valence-electron chi connectivity index (χ4n) is 2.42. The number of nitrogens with zero attached hydrogens (tertiary/aromatic N) is 3. The first-order chi connectivity index (χ1) is 12.5. The van der Waals surface area contributed by atoms with Gasteiger partial charge in [-0.3, -0.25) is 14.9 Å². The molecule has 1 aromatic heterocycles. The number of nitrogens with one attached hydrogen (secondary N) is 2. The van der Waals surface area contributed by atoms with Crippen LogP contribution in [0.3, 0.4) is 0 Å². The highest BCUT2D eigenvalue weighted by molar-refractivity contribution is 6.08. The van der Waals surface area contributed by atoms with Crippen molar-refractivity contribution in [2.45, 2.75) is 6.92 Å². The summed E-state index contributed by atoms with van der Waals surface area (Å²) < 4.78 is 0. The van der Waals surface area contributed by atoms with Crippen LogP contribution in [0.2, 0.25) is 0 Å². The maximum Gasteiger partial charge on any atom is 0.282 e. The number of anilines is 3. The van der Waals surface area contributed by atoms with Gasteiger partial charge in [0.15, 0.2) is 0 Å². The molecule has 26 heavy (non-hydrogen) atoms. The maximum absolute atomic E-state index is 12.5. The first-order valence-corrected chi connectivity index (χ1v) is 7.74. The van der Waals surface area contributed by atoms with Gasteiger partial charge in [0.1, 0.15) is 5.56 Å². The number of amides is 1. The first kappa shape index (κ1) is 17.0. The Morgan fingerprint density at radius 2 is 1.65 bits per heavy atom. The van der Waals surface area contributed by atoms with E-state index in [1.165, 1.54) is 6.07 Å². The van der Waals surface area contributed by atoms with Gasteiger partial charge >= 0.3 is 0 Å². The highest BCUT2D eigenvalue weighted by Crippen LogP contribution is 2.24. The van der Waals surface area contributed by atoms with Crippen LogP contribution in [-0.4, -0.2) is 20.8 Å². The molecule has 8 nitrogen and oxygen atoms in total. The lowest BCUT2D eigenvalue weighted by Crippen LogP contribution is -2.15. The number of aryl methyl sites for hydroxylation is 1. The summed E-state index contributed by atoms with van der Waals surface area (Å²) in [5.41, 5.74) is 1.64. The zero-order valence-corrected chi connectivity index (χ0v) is 13.8. The lowest BCUT2D eigenvalue weighted by Gasteiger charge is -2.09. The van der Waals surface area contributed by atoms with Crippen molar-refractivity contribution in [2.24, 2.45) is 0 Å². The minimum Gasteiger partial charge on any atom is -0.324 e. The van der Waals surface area contributed by atoms with E-state index in [1.807, 2.05) is 0 Å². The molecule has 130 valence electrons. The largest absolute Gasteiger partial charge is 0.324 e. The lowest BCUT2D eigenvalue weighted by atomic mass is 10.1. The molecule has 0 atom stereocenters. The molecule has 1 heterocycles. The van der Waals surface area contributed by atoms with Gasteiger partial charge in [-0.1, -0.05) is 12.1 Å². The Morgan fingerprint density at radius 3 is 2.31 bits per heavy atom. The van der Waals surface area contributed by atoms with Gasteiger partial charge in [0.05, 0.1) is 4.92 Å². The molecule has 0 bridgehead atoms. The van der Waals surface area contributed by atoms with Gasteiger partial charge in [-0.05, 0) is 42.8 Å². The third-order valence-corrected chi connectivity index (χ3v) is 3.64. The number of benzene rings is 2. The van der Waals surface area contributed by atoms with Gasteiger partial charge in [-0.15, -0.1) is 0 Å². The summed E-state index contributed by atoms with van der Waals surface area (Å²) in [7, 11) is 0. The highest BCUT2D eigenvalue weighted by atomic mass is 16.6. The number of nitro groups is 1. The molecule has 0 aliphatic carbocycles. The van der Waals surface area contributed by atoms with E-state index in [0.29, 0.717) is 17.2 Å². The maximum atomic E-state index is 12.5. The summed E-state index contributed by atoms with van der Waals surface area (Å²) in [5, 5.41) is 16.9. The lowest BCUT2D eigenvalue weighted by molar-refractivity contribution is -0.385. The van der Waals surface area contributed by atoms with Crippen LogP contribution in [0.5, 0.6) is 0 Å². The molecule has 0 radical (unpaired) electrons. The number of aromatic nitrogens is 2. The predicted octanol–water partition coefficient (Wildman–Crippen LogP) is 3.69. The summed E-state index contributed by atoms with van der Waals surface area (Å²) >= 11 is 0. The molecule has 0 fully saturated rings. The van der Waals surface area contributed by atoms with Crippen LogP contribution < -0.4 is 10.6 Å². The number of carbonyl (C=O) groups is 1. The standard InChI is InChI=1S/C18H15N5O3/c1-12-4-2-5-15(23(25)26)16(12)17(24)21-13-6-8-14(9-7-13)22-18-19-10-3-11-20-18/h2-11H,1H3,(H,21,24)(H,19,20,22). The number of carbonyl (C=O) groups excluding carboxylic acids is 1. The molecule has 0 saturated carbocycles. The second-order valence-electron chi connectivity index (χ2n) is 5.46. The topological polar surface area (TPSA) is 110 Å². The Hall–Kier alpha value is -3.81. The second-order valence-corrected chi connectivity index (χ2v) is 5.46. The summed E-state index contributed by atoms with van der Waals surface area (Å²) in [6.07, 6.45) is 3.25. The van der Waals surface area contributed by atoms with Crippen LogP contribution in [0.15, 0.2) is 60.9 Å². The average Bonchev–Trinajstić information content (AvgIpc) is 2.64. The first-order valence-electron chi connectivity index (χ1n) is 7.74. The molecule has 0 saturated heterocycles. The minimum atomic E-state index is -0.561. The van der Waals surface area contributed by atoms with Crippen molar-refractivity contribution in [1.29, 1.82) is 0 Å². The molecule has 0 aliphatic heterocycles. The van der Waals surface area contributed by atoms with Crippen molar-refractivity contribution in [1.82, 2.24) is 9.97 Å². The molecular formula is C18H15N5O3. The Morgan fingerprint density at radius 1 is 1.00 bits per heavy atom. The van der Waals surface area contributed by atoms with Crippen LogP contribution in [0, 0.1) is 17.0 Å². The van der Waals surface area contributed by atoms with Crippen LogP contribution >= 0.6 is 0 Å². The second kappa shape index (κ2) is 7.39. The normalized spacial score (nSPS) is 10.2. The number of hydrogen-bond acceptors (Lipinski definition) is 6. The van der Waals surface area contributed by atoms with Crippen LogP contribution in [0.4, 0.5) is 23.0 Å². The van der Waals surface area contributed by atoms with E-state index in [-0.39, 0.29) is 11.3 Å². The van der Waals surface area contributed by atoms with E-state index < -0.39 is 10.8 Å². The Labute approximate surface area is 149 Å². The zero-order chi connectivity index (χ0) is 18.5. The van der Waals surface area contributed by atoms with Crippen molar-refractivity contribution in [3.63, 3.8) is 0 Å². The number of hydrogen-bond donors (Lipinski definition) is 2. The number of rotatable bonds is 5. The van der Waals surface area contributed by atoms with Crippen molar-refractivity contribution in [2.75, 3.05) is 10.6 Å². The summed E-state index contributed by atoms with van der Waals surface area (Å²) in [6, 6.07) is 13.1. The van der Waals surface area contributed by atoms with Crippen LogP contribution in [-0.2, 0) is 0 Å². The van der Waals surface area contributed by atoms with Gasteiger partial charge in [0.2, 0.25) is 5.95 Å². The summed E-state index contributed by atoms with van der Waals surface area (Å²) in [4.78, 5) is 31.2. The minimum absolute atomic E-state index is 0.0531. The summed E-state index contributed by atoms with van der Waals surface area (Å²) in [6.45, 7) is 1.66. The molecule has 0 unspecified atom stereocenters. The van der Waals surface area contributed by atoms with Gasteiger partial charge in [0.25, 0.3) is 11.6 Å². The smallest absolute Gasteiger partial charge is 0.282 e. The Kier molecular flexibility index (Phi) is 4.84. The molecule has 2 aromatic carbocycles. The van der Waals surface area contributed by atoms with E-state index >= 15 is 0 Å². The Balaban J connectivity index is 1.76.